The molecule has 0 amide bonds. The van der Waals surface area contributed by atoms with Crippen molar-refractivity contribution in [2.24, 2.45) is 5.73 Å². The van der Waals surface area contributed by atoms with E-state index in [2.05, 4.69) is 22.0 Å². The number of hydrogen-bond donors (Lipinski definition) is 1. The van der Waals surface area contributed by atoms with Crippen LogP contribution in [0.15, 0.2) is 22.7 Å². The van der Waals surface area contributed by atoms with E-state index in [4.69, 9.17) is 15.7 Å². The molecule has 0 bridgehead atoms. The Kier molecular flexibility index (Phi) is 4.84. The van der Waals surface area contributed by atoms with E-state index >= 15 is 0 Å². The molecule has 0 unspecified atom stereocenters. The molecule has 19 heavy (non-hydrogen) atoms. The highest BCUT2D eigenvalue weighted by atomic mass is 79.9. The Morgan fingerprint density at radius 3 is 2.53 bits per heavy atom. The largest absolute Gasteiger partial charge is 0.490 e. The highest BCUT2D eigenvalue weighted by Crippen LogP contribution is 2.29. The second kappa shape index (κ2) is 6.40. The summed E-state index contributed by atoms with van der Waals surface area (Å²) in [6.07, 6.45) is 6.99. The van der Waals surface area contributed by atoms with Crippen LogP contribution in [0.25, 0.3) is 0 Å². The van der Waals surface area contributed by atoms with Crippen LogP contribution in [0.1, 0.15) is 44.1 Å². The number of benzene rings is 1. The van der Waals surface area contributed by atoms with Crippen LogP contribution in [0.5, 0.6) is 5.75 Å². The van der Waals surface area contributed by atoms with Crippen LogP contribution in [-0.2, 0) is 0 Å². The summed E-state index contributed by atoms with van der Waals surface area (Å²) in [7, 11) is 0. The van der Waals surface area contributed by atoms with E-state index in [1.807, 2.05) is 6.07 Å². The summed E-state index contributed by atoms with van der Waals surface area (Å²) in [5.74, 6) is 0.757. The van der Waals surface area contributed by atoms with Crippen molar-refractivity contribution in [2.45, 2.75) is 44.1 Å². The number of hydrogen-bond acceptors (Lipinski definition) is 3. The van der Waals surface area contributed by atoms with E-state index in [1.165, 1.54) is 25.7 Å². The van der Waals surface area contributed by atoms with Gasteiger partial charge < -0.3 is 10.5 Å². The molecule has 0 aromatic heterocycles. The standard InChI is InChI=1S/C15H19BrN2O/c16-13-9-12(10-17)5-6-14(13)19-11-15(18)7-3-1-2-4-8-15/h5-6,9H,1-4,7-8,11,18H2. The van der Waals surface area contributed by atoms with Crippen LogP contribution < -0.4 is 10.5 Å². The van der Waals surface area contributed by atoms with Gasteiger partial charge in [-0.05, 0) is 47.0 Å². The molecule has 0 aliphatic heterocycles. The minimum Gasteiger partial charge on any atom is -0.490 e. The molecule has 1 aromatic carbocycles. The van der Waals surface area contributed by atoms with Gasteiger partial charge in [0.15, 0.2) is 0 Å². The Balaban J connectivity index is 2.00. The second-order valence-corrected chi connectivity index (χ2v) is 6.18. The molecule has 0 heterocycles. The normalized spacial score (nSPS) is 18.4. The minimum absolute atomic E-state index is 0.205. The van der Waals surface area contributed by atoms with Gasteiger partial charge in [-0.2, -0.15) is 5.26 Å². The molecular weight excluding hydrogens is 304 g/mol. The number of nitrogens with zero attached hydrogens (tertiary/aromatic N) is 1. The molecule has 1 aromatic rings. The van der Waals surface area contributed by atoms with Gasteiger partial charge in [0.05, 0.1) is 21.6 Å². The van der Waals surface area contributed by atoms with E-state index in [-0.39, 0.29) is 5.54 Å². The Morgan fingerprint density at radius 2 is 1.95 bits per heavy atom. The van der Waals surface area contributed by atoms with Crippen LogP contribution in [0.4, 0.5) is 0 Å². The summed E-state index contributed by atoms with van der Waals surface area (Å²) in [6, 6.07) is 7.46. The summed E-state index contributed by atoms with van der Waals surface area (Å²) < 4.78 is 6.66. The van der Waals surface area contributed by atoms with E-state index in [9.17, 15) is 0 Å². The highest BCUT2D eigenvalue weighted by molar-refractivity contribution is 9.10. The maximum absolute atomic E-state index is 8.83. The zero-order valence-corrected chi connectivity index (χ0v) is 12.6. The van der Waals surface area contributed by atoms with Crippen LogP contribution in [0.2, 0.25) is 0 Å². The fourth-order valence-corrected chi connectivity index (χ4v) is 2.98. The molecule has 0 saturated heterocycles. The molecule has 2 rings (SSSR count). The molecule has 4 heteroatoms. The minimum atomic E-state index is -0.205. The first-order valence-electron chi connectivity index (χ1n) is 6.74. The Morgan fingerprint density at radius 1 is 1.26 bits per heavy atom. The van der Waals surface area contributed by atoms with Crippen molar-refractivity contribution in [1.82, 2.24) is 0 Å². The van der Waals surface area contributed by atoms with Crippen molar-refractivity contribution < 1.29 is 4.74 Å². The number of rotatable bonds is 3. The lowest BCUT2D eigenvalue weighted by Crippen LogP contribution is -2.45. The van der Waals surface area contributed by atoms with E-state index < -0.39 is 0 Å². The lowest BCUT2D eigenvalue weighted by molar-refractivity contribution is 0.198. The third-order valence-electron chi connectivity index (χ3n) is 3.68. The lowest BCUT2D eigenvalue weighted by atomic mass is 9.92. The van der Waals surface area contributed by atoms with Gasteiger partial charge in [-0.3, -0.25) is 0 Å². The number of halogens is 1. The van der Waals surface area contributed by atoms with Gasteiger partial charge in [0.2, 0.25) is 0 Å². The average Bonchev–Trinajstić information content (AvgIpc) is 2.62. The molecule has 1 aliphatic rings. The van der Waals surface area contributed by atoms with Crippen LogP contribution in [0, 0.1) is 11.3 Å². The predicted molar refractivity (Wildman–Crippen MR) is 79.0 cm³/mol. The first kappa shape index (κ1) is 14.4. The summed E-state index contributed by atoms with van der Waals surface area (Å²) in [4.78, 5) is 0. The number of ether oxygens (including phenoxy) is 1. The first-order chi connectivity index (χ1) is 9.13. The molecule has 0 spiro atoms. The van der Waals surface area contributed by atoms with E-state index in [0.29, 0.717) is 12.2 Å². The topological polar surface area (TPSA) is 59.0 Å². The summed E-state index contributed by atoms with van der Waals surface area (Å²) in [5.41, 5.74) is 6.84. The molecular formula is C15H19BrN2O. The van der Waals surface area contributed by atoms with Gasteiger partial charge in [0, 0.05) is 0 Å². The van der Waals surface area contributed by atoms with Crippen molar-refractivity contribution >= 4 is 15.9 Å². The summed E-state index contributed by atoms with van der Waals surface area (Å²) in [5, 5.41) is 8.83. The summed E-state index contributed by atoms with van der Waals surface area (Å²) in [6.45, 7) is 0.539. The number of nitriles is 1. The Labute approximate surface area is 122 Å². The smallest absolute Gasteiger partial charge is 0.133 e. The average molecular weight is 323 g/mol. The van der Waals surface area contributed by atoms with Gasteiger partial charge in [-0.25, -0.2) is 0 Å². The van der Waals surface area contributed by atoms with Gasteiger partial charge in [-0.15, -0.1) is 0 Å². The van der Waals surface area contributed by atoms with Crippen LogP contribution in [-0.4, -0.2) is 12.1 Å². The third-order valence-corrected chi connectivity index (χ3v) is 4.30. The molecule has 3 nitrogen and oxygen atoms in total. The molecule has 102 valence electrons. The molecule has 0 radical (unpaired) electrons. The van der Waals surface area contributed by atoms with Crippen molar-refractivity contribution in [3.05, 3.63) is 28.2 Å². The molecule has 2 N–H and O–H groups in total. The Bertz CT molecular complexity index is 474. The second-order valence-electron chi connectivity index (χ2n) is 5.32. The molecule has 1 fully saturated rings. The van der Waals surface area contributed by atoms with Crippen LogP contribution >= 0.6 is 15.9 Å². The quantitative estimate of drug-likeness (QED) is 0.862. The lowest BCUT2D eigenvalue weighted by Gasteiger charge is -2.28. The zero-order chi connectivity index (χ0) is 13.7. The van der Waals surface area contributed by atoms with Gasteiger partial charge in [-0.1, -0.05) is 25.7 Å². The maximum Gasteiger partial charge on any atom is 0.133 e. The van der Waals surface area contributed by atoms with Crippen molar-refractivity contribution in [3.63, 3.8) is 0 Å². The molecule has 1 saturated carbocycles. The SMILES string of the molecule is N#Cc1ccc(OCC2(N)CCCCCC2)c(Br)c1. The molecule has 1 aliphatic carbocycles. The van der Waals surface area contributed by atoms with Crippen molar-refractivity contribution in [2.75, 3.05) is 6.61 Å². The third kappa shape index (κ3) is 3.95. The Hall–Kier alpha value is -1.05. The fraction of sp³-hybridized carbons (Fsp3) is 0.533. The van der Waals surface area contributed by atoms with Crippen molar-refractivity contribution in [3.8, 4) is 11.8 Å². The molecule has 0 atom stereocenters. The van der Waals surface area contributed by atoms with Gasteiger partial charge >= 0.3 is 0 Å². The van der Waals surface area contributed by atoms with Crippen LogP contribution in [0.3, 0.4) is 0 Å². The van der Waals surface area contributed by atoms with Gasteiger partial charge in [0.1, 0.15) is 12.4 Å². The zero-order valence-electron chi connectivity index (χ0n) is 11.0. The predicted octanol–water partition coefficient (Wildman–Crippen LogP) is 3.75. The first-order valence-corrected chi connectivity index (χ1v) is 7.54. The van der Waals surface area contributed by atoms with Crippen molar-refractivity contribution in [1.29, 1.82) is 5.26 Å². The van der Waals surface area contributed by atoms with E-state index in [0.717, 1.165) is 23.1 Å². The fourth-order valence-electron chi connectivity index (χ4n) is 2.49. The number of nitrogens with two attached hydrogens (primary N) is 1. The highest BCUT2D eigenvalue weighted by Gasteiger charge is 2.27. The van der Waals surface area contributed by atoms with Gasteiger partial charge in [0.25, 0.3) is 0 Å². The summed E-state index contributed by atoms with van der Waals surface area (Å²) >= 11 is 3.43. The monoisotopic (exact) mass is 322 g/mol. The van der Waals surface area contributed by atoms with E-state index in [1.54, 1.807) is 12.1 Å². The maximum atomic E-state index is 8.83.